The van der Waals surface area contributed by atoms with Gasteiger partial charge in [0.2, 0.25) is 0 Å². The molecule has 26 heavy (non-hydrogen) atoms. The standard InChI is InChI=1S/C20H21N3O3/c1-4-15-18-17(23(2)22-15)11-10-14(19(18)26-3)20(25)21-16(12-24)13-8-6-5-7-9-13/h4-11,16,24H,1,12H2,2-3H3,(H,21,25)/t16-/m1/s1. The number of carbonyl (C=O) groups excluding carboxylic acids is 1. The second kappa shape index (κ2) is 7.41. The molecule has 0 aliphatic carbocycles. The first kappa shape index (κ1) is 17.7. The van der Waals surface area contributed by atoms with Crippen molar-refractivity contribution in [1.29, 1.82) is 0 Å². The number of hydrogen-bond donors (Lipinski definition) is 2. The monoisotopic (exact) mass is 351 g/mol. The molecule has 0 aliphatic heterocycles. The van der Waals surface area contributed by atoms with Crippen molar-refractivity contribution in [3.63, 3.8) is 0 Å². The van der Waals surface area contributed by atoms with Gasteiger partial charge in [0, 0.05) is 7.05 Å². The van der Waals surface area contributed by atoms with Gasteiger partial charge in [0.25, 0.3) is 5.91 Å². The highest BCUT2D eigenvalue weighted by Gasteiger charge is 2.22. The summed E-state index contributed by atoms with van der Waals surface area (Å²) in [6.45, 7) is 3.58. The lowest BCUT2D eigenvalue weighted by Gasteiger charge is -2.18. The molecule has 0 bridgehead atoms. The smallest absolute Gasteiger partial charge is 0.255 e. The van der Waals surface area contributed by atoms with Gasteiger partial charge in [-0.25, -0.2) is 0 Å². The van der Waals surface area contributed by atoms with Crippen molar-refractivity contribution in [1.82, 2.24) is 15.1 Å². The van der Waals surface area contributed by atoms with Crippen LogP contribution in [0.1, 0.15) is 27.7 Å². The van der Waals surface area contributed by atoms with Crippen LogP contribution in [0.2, 0.25) is 0 Å². The minimum atomic E-state index is -0.503. The molecule has 0 radical (unpaired) electrons. The van der Waals surface area contributed by atoms with Gasteiger partial charge in [0.05, 0.1) is 41.9 Å². The largest absolute Gasteiger partial charge is 0.495 e. The molecule has 3 rings (SSSR count). The summed E-state index contributed by atoms with van der Waals surface area (Å²) in [5, 5.41) is 17.7. The van der Waals surface area contributed by atoms with Crippen molar-refractivity contribution in [3.05, 3.63) is 65.9 Å². The predicted molar refractivity (Wildman–Crippen MR) is 101 cm³/mol. The molecule has 1 heterocycles. The third-order valence-corrected chi connectivity index (χ3v) is 4.33. The van der Waals surface area contributed by atoms with E-state index in [1.807, 2.05) is 43.4 Å². The van der Waals surface area contributed by atoms with Gasteiger partial charge in [-0.15, -0.1) is 0 Å². The van der Waals surface area contributed by atoms with Gasteiger partial charge in [0.1, 0.15) is 5.75 Å². The summed E-state index contributed by atoms with van der Waals surface area (Å²) in [6, 6.07) is 12.4. The molecule has 0 saturated heterocycles. The van der Waals surface area contributed by atoms with Gasteiger partial charge in [-0.3, -0.25) is 9.48 Å². The number of aryl methyl sites for hydroxylation is 1. The normalized spacial score (nSPS) is 12.0. The van der Waals surface area contributed by atoms with E-state index in [0.29, 0.717) is 17.0 Å². The van der Waals surface area contributed by atoms with Gasteiger partial charge in [-0.1, -0.05) is 36.9 Å². The molecule has 1 amide bonds. The molecule has 0 spiro atoms. The van der Waals surface area contributed by atoms with Gasteiger partial charge in [0.15, 0.2) is 0 Å². The Morgan fingerprint density at radius 1 is 1.35 bits per heavy atom. The van der Waals surface area contributed by atoms with E-state index in [-0.39, 0.29) is 12.5 Å². The molecule has 1 aromatic heterocycles. The molecule has 2 aromatic carbocycles. The fraction of sp³-hybridized carbons (Fsp3) is 0.200. The lowest BCUT2D eigenvalue weighted by atomic mass is 10.0. The fourth-order valence-corrected chi connectivity index (χ4v) is 3.04. The van der Waals surface area contributed by atoms with Crippen LogP contribution in [0, 0.1) is 0 Å². The summed E-state index contributed by atoms with van der Waals surface area (Å²) in [5.74, 6) is 0.110. The molecule has 0 fully saturated rings. The summed E-state index contributed by atoms with van der Waals surface area (Å²) in [7, 11) is 3.35. The molecule has 3 aromatic rings. The number of ether oxygens (including phenoxy) is 1. The minimum Gasteiger partial charge on any atom is -0.495 e. The van der Waals surface area contributed by atoms with Crippen LogP contribution >= 0.6 is 0 Å². The van der Waals surface area contributed by atoms with Crippen molar-refractivity contribution in [2.45, 2.75) is 6.04 Å². The summed E-state index contributed by atoms with van der Waals surface area (Å²) in [4.78, 5) is 12.9. The number of nitrogens with one attached hydrogen (secondary N) is 1. The van der Waals surface area contributed by atoms with Gasteiger partial charge >= 0.3 is 0 Å². The number of aliphatic hydroxyl groups excluding tert-OH is 1. The molecule has 1 atom stereocenters. The highest BCUT2D eigenvalue weighted by atomic mass is 16.5. The Kier molecular flexibility index (Phi) is 5.04. The molecule has 6 heteroatoms. The maximum atomic E-state index is 12.9. The van der Waals surface area contributed by atoms with E-state index in [1.54, 1.807) is 16.8 Å². The SMILES string of the molecule is C=Cc1nn(C)c2ccc(C(=O)N[C@H](CO)c3ccccc3)c(OC)c12. The molecule has 0 unspecified atom stereocenters. The van der Waals surface area contributed by atoms with E-state index in [9.17, 15) is 9.90 Å². The van der Waals surface area contributed by atoms with E-state index in [1.165, 1.54) is 7.11 Å². The molecular weight excluding hydrogens is 330 g/mol. The second-order valence-electron chi connectivity index (χ2n) is 5.87. The zero-order valence-corrected chi connectivity index (χ0v) is 14.8. The van der Waals surface area contributed by atoms with Crippen LogP contribution in [-0.4, -0.2) is 34.5 Å². The van der Waals surface area contributed by atoms with Crippen LogP contribution in [0.3, 0.4) is 0 Å². The number of hydrogen-bond acceptors (Lipinski definition) is 4. The predicted octanol–water partition coefficient (Wildman–Crippen LogP) is 2.69. The van der Waals surface area contributed by atoms with Crippen molar-refractivity contribution in [2.75, 3.05) is 13.7 Å². The first-order valence-electron chi connectivity index (χ1n) is 8.23. The number of methoxy groups -OCH3 is 1. The second-order valence-corrected chi connectivity index (χ2v) is 5.87. The fourth-order valence-electron chi connectivity index (χ4n) is 3.04. The lowest BCUT2D eigenvalue weighted by Crippen LogP contribution is -2.31. The Bertz CT molecular complexity index is 948. The number of aliphatic hydroxyl groups is 1. The Balaban J connectivity index is 2.01. The number of benzene rings is 2. The summed E-state index contributed by atoms with van der Waals surface area (Å²) >= 11 is 0. The topological polar surface area (TPSA) is 76.4 Å². The first-order valence-corrected chi connectivity index (χ1v) is 8.23. The van der Waals surface area contributed by atoms with Crippen LogP contribution < -0.4 is 10.1 Å². The maximum absolute atomic E-state index is 12.9. The molecular formula is C20H21N3O3. The van der Waals surface area contributed by atoms with Gasteiger partial charge in [-0.05, 0) is 23.8 Å². The zero-order chi connectivity index (χ0) is 18.7. The average molecular weight is 351 g/mol. The van der Waals surface area contributed by atoms with E-state index >= 15 is 0 Å². The van der Waals surface area contributed by atoms with Crippen molar-refractivity contribution in [3.8, 4) is 5.75 Å². The van der Waals surface area contributed by atoms with Gasteiger partial charge < -0.3 is 15.2 Å². The Hall–Kier alpha value is -3.12. The summed E-state index contributed by atoms with van der Waals surface area (Å²) in [5.41, 5.74) is 2.70. The van der Waals surface area contributed by atoms with Crippen LogP contribution in [0.5, 0.6) is 5.75 Å². The summed E-state index contributed by atoms with van der Waals surface area (Å²) < 4.78 is 7.25. The molecule has 134 valence electrons. The van der Waals surface area contributed by atoms with E-state index < -0.39 is 6.04 Å². The van der Waals surface area contributed by atoms with Crippen LogP contribution in [0.25, 0.3) is 17.0 Å². The van der Waals surface area contributed by atoms with E-state index in [0.717, 1.165) is 16.5 Å². The molecule has 6 nitrogen and oxygen atoms in total. The zero-order valence-electron chi connectivity index (χ0n) is 14.8. The Labute approximate surface area is 151 Å². The highest BCUT2D eigenvalue weighted by Crippen LogP contribution is 2.33. The number of nitrogens with zero attached hydrogens (tertiary/aromatic N) is 2. The molecule has 0 aliphatic rings. The van der Waals surface area contributed by atoms with Crippen LogP contribution in [-0.2, 0) is 7.05 Å². The number of fused-ring (bicyclic) bond motifs is 1. The van der Waals surface area contributed by atoms with E-state index in [4.69, 9.17) is 4.74 Å². The first-order chi connectivity index (χ1) is 12.6. The van der Waals surface area contributed by atoms with Crippen molar-refractivity contribution in [2.24, 2.45) is 7.05 Å². The third kappa shape index (κ3) is 3.07. The Morgan fingerprint density at radius 2 is 2.08 bits per heavy atom. The third-order valence-electron chi connectivity index (χ3n) is 4.33. The van der Waals surface area contributed by atoms with Gasteiger partial charge in [-0.2, -0.15) is 5.10 Å². The number of amides is 1. The van der Waals surface area contributed by atoms with E-state index in [2.05, 4.69) is 17.0 Å². The van der Waals surface area contributed by atoms with Crippen molar-refractivity contribution < 1.29 is 14.6 Å². The number of aromatic nitrogens is 2. The van der Waals surface area contributed by atoms with Crippen LogP contribution in [0.4, 0.5) is 0 Å². The minimum absolute atomic E-state index is 0.203. The highest BCUT2D eigenvalue weighted by molar-refractivity contribution is 6.05. The van der Waals surface area contributed by atoms with Crippen molar-refractivity contribution >= 4 is 22.9 Å². The van der Waals surface area contributed by atoms with Crippen LogP contribution in [0.15, 0.2) is 49.0 Å². The molecule has 2 N–H and O–H groups in total. The quantitative estimate of drug-likeness (QED) is 0.716. The maximum Gasteiger partial charge on any atom is 0.255 e. The Morgan fingerprint density at radius 3 is 2.69 bits per heavy atom. The number of rotatable bonds is 6. The molecule has 0 saturated carbocycles. The summed E-state index contributed by atoms with van der Waals surface area (Å²) in [6.07, 6.45) is 1.63. The number of carbonyl (C=O) groups is 1. The average Bonchev–Trinajstić information content (AvgIpc) is 3.01. The lowest BCUT2D eigenvalue weighted by molar-refractivity contribution is 0.0913.